The van der Waals surface area contributed by atoms with Crippen molar-refractivity contribution < 1.29 is 50.1 Å². The Hall–Kier alpha value is -2.37. The molecule has 0 amide bonds. The maximum atomic E-state index is 14.8. The van der Waals surface area contributed by atoms with Crippen molar-refractivity contribution in [1.29, 1.82) is 0 Å². The summed E-state index contributed by atoms with van der Waals surface area (Å²) in [6.45, 7) is 0.473. The van der Waals surface area contributed by atoms with Crippen LogP contribution in [0.4, 0.5) is 30.7 Å². The quantitative estimate of drug-likeness (QED) is 0.437. The van der Waals surface area contributed by atoms with E-state index in [-0.39, 0.29) is 29.9 Å². The summed E-state index contributed by atoms with van der Waals surface area (Å²) in [6, 6.07) is 1.65. The van der Waals surface area contributed by atoms with Gasteiger partial charge >= 0.3 is 6.11 Å². The molecule has 2 aromatic rings. The molecule has 0 spiro atoms. The number of aliphatic hydroxyl groups excluding tert-OH is 1. The summed E-state index contributed by atoms with van der Waals surface area (Å²) in [5, 5.41) is 10.0. The van der Waals surface area contributed by atoms with Crippen LogP contribution in [0.2, 0.25) is 0 Å². The van der Waals surface area contributed by atoms with Crippen LogP contribution < -0.4 is 4.74 Å². The summed E-state index contributed by atoms with van der Waals surface area (Å²) >= 11 is 0. The molecule has 34 heavy (non-hydrogen) atoms. The Morgan fingerprint density at radius 1 is 0.882 bits per heavy atom. The summed E-state index contributed by atoms with van der Waals surface area (Å²) in [6.07, 6.45) is -3.38. The molecule has 0 atom stereocenters. The third-order valence-corrected chi connectivity index (χ3v) is 6.47. The monoisotopic (exact) mass is 494 g/mol. The molecule has 4 rings (SSSR count). The van der Waals surface area contributed by atoms with Crippen LogP contribution in [0.3, 0.4) is 0 Å². The Balaban J connectivity index is 1.58. The molecule has 0 radical (unpaired) electrons. The molecule has 1 aliphatic carbocycles. The summed E-state index contributed by atoms with van der Waals surface area (Å²) in [5.74, 6) is -9.99. The molecule has 4 nitrogen and oxygen atoms in total. The molecule has 1 saturated carbocycles. The fourth-order valence-corrected chi connectivity index (χ4v) is 4.60. The van der Waals surface area contributed by atoms with Crippen molar-refractivity contribution in [2.45, 2.75) is 43.5 Å². The Kier molecular flexibility index (Phi) is 6.80. The van der Waals surface area contributed by atoms with Crippen molar-refractivity contribution in [2.24, 2.45) is 5.92 Å². The molecule has 1 aliphatic heterocycles. The number of hydrogen-bond acceptors (Lipinski definition) is 4. The fraction of sp³-hybridized carbons (Fsp3) is 0.478. The fourth-order valence-electron chi connectivity index (χ4n) is 4.60. The zero-order valence-electron chi connectivity index (χ0n) is 17.7. The molecule has 11 heteroatoms. The van der Waals surface area contributed by atoms with E-state index in [9.17, 15) is 35.8 Å². The predicted molar refractivity (Wildman–Crippen MR) is 104 cm³/mol. The third kappa shape index (κ3) is 4.60. The molecule has 2 aliphatic rings. The van der Waals surface area contributed by atoms with E-state index in [1.165, 1.54) is 0 Å². The normalized spacial score (nSPS) is 23.9. The summed E-state index contributed by atoms with van der Waals surface area (Å²) < 4.78 is 114. The van der Waals surface area contributed by atoms with Gasteiger partial charge in [-0.3, -0.25) is 0 Å². The molecule has 0 unspecified atom stereocenters. The van der Waals surface area contributed by atoms with Crippen LogP contribution in [0.1, 0.15) is 36.8 Å². The van der Waals surface area contributed by atoms with Crippen molar-refractivity contribution in [1.82, 2.24) is 0 Å². The van der Waals surface area contributed by atoms with Crippen molar-refractivity contribution in [3.05, 3.63) is 64.5 Å². The molecule has 0 bridgehead atoms. The molecule has 1 N–H and O–H groups in total. The molecule has 0 aromatic heterocycles. The van der Waals surface area contributed by atoms with Crippen LogP contribution in [0.25, 0.3) is 0 Å². The minimum absolute atomic E-state index is 0.00451. The van der Waals surface area contributed by atoms with Crippen LogP contribution in [-0.2, 0) is 21.0 Å². The molecule has 2 aromatic carbocycles. The SMILES string of the molecule is OCC1(c2cc(F)c(C(F)(F)Oc3cc(F)c(F)c(F)c3)c(F)c2)CCC(C2OCCO2)CC1. The summed E-state index contributed by atoms with van der Waals surface area (Å²) in [7, 11) is 0. The largest absolute Gasteiger partial charge is 0.432 e. The van der Waals surface area contributed by atoms with Gasteiger partial charge in [0.1, 0.15) is 22.9 Å². The zero-order chi connectivity index (χ0) is 24.7. The highest BCUT2D eigenvalue weighted by Crippen LogP contribution is 2.45. The van der Waals surface area contributed by atoms with Gasteiger partial charge < -0.3 is 19.3 Å². The van der Waals surface area contributed by atoms with E-state index >= 15 is 0 Å². The predicted octanol–water partition coefficient (Wildman–Crippen LogP) is 5.30. The Bertz CT molecular complexity index is 1000. The number of halogens is 7. The number of alkyl halides is 2. The lowest BCUT2D eigenvalue weighted by Gasteiger charge is -2.40. The van der Waals surface area contributed by atoms with Gasteiger partial charge in [0.15, 0.2) is 23.7 Å². The lowest BCUT2D eigenvalue weighted by molar-refractivity contribution is -0.189. The molecule has 1 heterocycles. The third-order valence-electron chi connectivity index (χ3n) is 6.47. The highest BCUT2D eigenvalue weighted by molar-refractivity contribution is 5.35. The smallest absolute Gasteiger partial charge is 0.429 e. The van der Waals surface area contributed by atoms with Gasteiger partial charge in [-0.25, -0.2) is 22.0 Å². The van der Waals surface area contributed by atoms with Gasteiger partial charge in [0, 0.05) is 23.5 Å². The van der Waals surface area contributed by atoms with Crippen molar-refractivity contribution in [2.75, 3.05) is 19.8 Å². The van der Waals surface area contributed by atoms with E-state index in [1.807, 2.05) is 0 Å². The first kappa shape index (κ1) is 24.7. The van der Waals surface area contributed by atoms with Gasteiger partial charge in [0.05, 0.1) is 19.8 Å². The summed E-state index contributed by atoms with van der Waals surface area (Å²) in [5.41, 5.74) is -2.85. The van der Waals surface area contributed by atoms with E-state index in [4.69, 9.17) is 9.47 Å². The van der Waals surface area contributed by atoms with E-state index in [1.54, 1.807) is 0 Å². The lowest BCUT2D eigenvalue weighted by Crippen LogP contribution is -2.39. The minimum Gasteiger partial charge on any atom is -0.429 e. The molecular formula is C23H21F7O4. The second-order valence-electron chi connectivity index (χ2n) is 8.52. The van der Waals surface area contributed by atoms with Crippen LogP contribution in [0.5, 0.6) is 5.75 Å². The van der Waals surface area contributed by atoms with Gasteiger partial charge in [0.25, 0.3) is 0 Å². The van der Waals surface area contributed by atoms with E-state index in [0.29, 0.717) is 51.0 Å². The number of benzene rings is 2. The van der Waals surface area contributed by atoms with Gasteiger partial charge in [-0.15, -0.1) is 0 Å². The first-order valence-electron chi connectivity index (χ1n) is 10.6. The van der Waals surface area contributed by atoms with E-state index < -0.39 is 58.5 Å². The minimum atomic E-state index is -4.68. The zero-order valence-corrected chi connectivity index (χ0v) is 17.7. The molecular weight excluding hydrogens is 473 g/mol. The highest BCUT2D eigenvalue weighted by atomic mass is 19.3. The van der Waals surface area contributed by atoms with E-state index in [0.717, 1.165) is 0 Å². The average molecular weight is 494 g/mol. The standard InChI is InChI=1S/C23H21F7O4/c24-15-7-13(22(11-31)3-1-12(2-4-22)21-32-5-6-33-21)8-16(25)19(15)23(29,30)34-14-9-17(26)20(28)18(27)10-14/h7-10,12,21,31H,1-6,11H2. The van der Waals surface area contributed by atoms with Crippen molar-refractivity contribution in [3.8, 4) is 5.75 Å². The van der Waals surface area contributed by atoms with Crippen LogP contribution in [0.15, 0.2) is 24.3 Å². The first-order chi connectivity index (χ1) is 16.1. The number of ether oxygens (including phenoxy) is 3. The number of aliphatic hydroxyl groups is 1. The van der Waals surface area contributed by atoms with Crippen molar-refractivity contribution in [3.63, 3.8) is 0 Å². The highest BCUT2D eigenvalue weighted by Gasteiger charge is 2.45. The summed E-state index contributed by atoms with van der Waals surface area (Å²) in [4.78, 5) is 0. The second-order valence-corrected chi connectivity index (χ2v) is 8.52. The Labute approximate surface area is 190 Å². The molecule has 1 saturated heterocycles. The van der Waals surface area contributed by atoms with Gasteiger partial charge in [-0.2, -0.15) is 8.78 Å². The molecule has 186 valence electrons. The average Bonchev–Trinajstić information content (AvgIpc) is 3.31. The van der Waals surface area contributed by atoms with Crippen LogP contribution >= 0.6 is 0 Å². The number of rotatable bonds is 6. The Morgan fingerprint density at radius 2 is 1.41 bits per heavy atom. The maximum absolute atomic E-state index is 14.8. The second kappa shape index (κ2) is 9.35. The van der Waals surface area contributed by atoms with Gasteiger partial charge in [0.2, 0.25) is 0 Å². The lowest BCUT2D eigenvalue weighted by atomic mass is 9.67. The van der Waals surface area contributed by atoms with Crippen LogP contribution in [-0.4, -0.2) is 31.2 Å². The maximum Gasteiger partial charge on any atom is 0.432 e. The first-order valence-corrected chi connectivity index (χ1v) is 10.6. The topological polar surface area (TPSA) is 47.9 Å². The Morgan fingerprint density at radius 3 is 1.91 bits per heavy atom. The van der Waals surface area contributed by atoms with Gasteiger partial charge in [-0.1, -0.05) is 0 Å². The van der Waals surface area contributed by atoms with Crippen LogP contribution in [0, 0.1) is 35.0 Å². The van der Waals surface area contributed by atoms with Crippen molar-refractivity contribution >= 4 is 0 Å². The van der Waals surface area contributed by atoms with E-state index in [2.05, 4.69) is 4.74 Å². The number of hydrogen-bond donors (Lipinski definition) is 1. The molecule has 2 fully saturated rings. The van der Waals surface area contributed by atoms with Gasteiger partial charge in [-0.05, 0) is 43.4 Å².